The van der Waals surface area contributed by atoms with Crippen LogP contribution in [-0.4, -0.2) is 52.3 Å². The molecule has 0 bridgehead atoms. The number of anilines is 3. The summed E-state index contributed by atoms with van der Waals surface area (Å²) in [4.78, 5) is 24.0. The fourth-order valence-corrected chi connectivity index (χ4v) is 5.26. The summed E-state index contributed by atoms with van der Waals surface area (Å²) in [5.41, 5.74) is 5.48. The predicted octanol–water partition coefficient (Wildman–Crippen LogP) is 4.29. The second-order valence-electron chi connectivity index (χ2n) is 8.20. The molecule has 3 N–H and O–H groups in total. The number of aromatic nitrogens is 2. The standard InChI is InChI=1S/C24H30N6OS/c1-5-30(9-8-25-17(4)31)14-21-28-20-7-6-18-13-26-24(29-22(18)23(20)32-21)27-19-11-15(2)10-16(3)12-19/h6-7,10-13,21,28H,5,8-9,14H2,1-4H3,(H,25,31)(H,26,27,29). The molecule has 2 heterocycles. The molecule has 1 aromatic heterocycles. The van der Waals surface area contributed by atoms with Crippen molar-refractivity contribution in [1.82, 2.24) is 20.2 Å². The normalized spacial score (nSPS) is 15.0. The van der Waals surface area contributed by atoms with Gasteiger partial charge >= 0.3 is 0 Å². The van der Waals surface area contributed by atoms with Crippen LogP contribution in [0, 0.1) is 13.8 Å². The molecule has 0 saturated carbocycles. The summed E-state index contributed by atoms with van der Waals surface area (Å²) in [5.74, 6) is 0.614. The number of thioether (sulfide) groups is 1. The predicted molar refractivity (Wildman–Crippen MR) is 133 cm³/mol. The molecule has 0 aliphatic carbocycles. The van der Waals surface area contributed by atoms with Crippen molar-refractivity contribution in [2.45, 2.75) is 38.0 Å². The molecule has 1 unspecified atom stereocenters. The molecule has 7 nitrogen and oxygen atoms in total. The fraction of sp³-hybridized carbons (Fsp3) is 0.375. The van der Waals surface area contributed by atoms with Crippen LogP contribution in [0.3, 0.4) is 0 Å². The highest BCUT2D eigenvalue weighted by atomic mass is 32.2. The first-order chi connectivity index (χ1) is 15.4. The molecular weight excluding hydrogens is 420 g/mol. The Bertz CT molecular complexity index is 1110. The van der Waals surface area contributed by atoms with Gasteiger partial charge < -0.3 is 16.0 Å². The molecule has 4 rings (SSSR count). The second kappa shape index (κ2) is 9.75. The summed E-state index contributed by atoms with van der Waals surface area (Å²) >= 11 is 1.81. The summed E-state index contributed by atoms with van der Waals surface area (Å²) in [5, 5.41) is 11.1. The zero-order valence-electron chi connectivity index (χ0n) is 19.0. The molecule has 0 spiro atoms. The number of benzene rings is 2. The first kappa shape index (κ1) is 22.4. The van der Waals surface area contributed by atoms with Crippen molar-refractivity contribution < 1.29 is 4.79 Å². The number of nitrogens with one attached hydrogen (secondary N) is 3. The fourth-order valence-electron chi connectivity index (χ4n) is 3.97. The SMILES string of the molecule is CCN(CCNC(C)=O)CC1Nc2ccc3cnc(Nc4cc(C)cc(C)c4)nc3c2S1. The van der Waals surface area contributed by atoms with E-state index in [2.05, 4.69) is 76.9 Å². The number of amides is 1. The lowest BCUT2D eigenvalue weighted by atomic mass is 10.1. The Morgan fingerprint density at radius 2 is 2.00 bits per heavy atom. The number of hydrogen-bond donors (Lipinski definition) is 3. The van der Waals surface area contributed by atoms with Gasteiger partial charge in [0.1, 0.15) is 0 Å². The summed E-state index contributed by atoms with van der Waals surface area (Å²) in [6.45, 7) is 11.2. The number of nitrogens with zero attached hydrogens (tertiary/aromatic N) is 3. The Morgan fingerprint density at radius 3 is 2.72 bits per heavy atom. The Hall–Kier alpha value is -2.84. The van der Waals surface area contributed by atoms with Crippen molar-refractivity contribution in [3.63, 3.8) is 0 Å². The topological polar surface area (TPSA) is 82.2 Å². The highest BCUT2D eigenvalue weighted by Crippen LogP contribution is 2.42. The van der Waals surface area contributed by atoms with Gasteiger partial charge in [0, 0.05) is 43.8 Å². The summed E-state index contributed by atoms with van der Waals surface area (Å²) in [6, 6.07) is 10.5. The molecule has 0 fully saturated rings. The third kappa shape index (κ3) is 5.31. The smallest absolute Gasteiger partial charge is 0.227 e. The van der Waals surface area contributed by atoms with Gasteiger partial charge in [0.05, 0.1) is 21.5 Å². The minimum Gasteiger partial charge on any atom is -0.371 e. The summed E-state index contributed by atoms with van der Waals surface area (Å²) < 4.78 is 0. The van der Waals surface area contributed by atoms with Crippen molar-refractivity contribution in [3.8, 4) is 0 Å². The average molecular weight is 451 g/mol. The quantitative estimate of drug-likeness (QED) is 0.472. The molecule has 1 atom stereocenters. The van der Waals surface area contributed by atoms with E-state index in [0.29, 0.717) is 12.5 Å². The van der Waals surface area contributed by atoms with E-state index in [4.69, 9.17) is 4.98 Å². The first-order valence-corrected chi connectivity index (χ1v) is 11.8. The maximum atomic E-state index is 11.1. The van der Waals surface area contributed by atoms with Crippen molar-refractivity contribution >= 4 is 45.9 Å². The van der Waals surface area contributed by atoms with Crippen LogP contribution in [0.25, 0.3) is 10.9 Å². The van der Waals surface area contributed by atoms with Gasteiger partial charge in [-0.1, -0.05) is 24.8 Å². The monoisotopic (exact) mass is 450 g/mol. The lowest BCUT2D eigenvalue weighted by molar-refractivity contribution is -0.119. The molecule has 1 aliphatic rings. The molecule has 1 aliphatic heterocycles. The molecule has 0 radical (unpaired) electrons. The van der Waals surface area contributed by atoms with Gasteiger partial charge in [-0.2, -0.15) is 0 Å². The lowest BCUT2D eigenvalue weighted by Crippen LogP contribution is -2.38. The van der Waals surface area contributed by atoms with Gasteiger partial charge in [0.15, 0.2) is 0 Å². The third-order valence-electron chi connectivity index (χ3n) is 5.43. The molecule has 32 heavy (non-hydrogen) atoms. The number of carbonyl (C=O) groups excluding carboxylic acids is 1. The van der Waals surface area contributed by atoms with Crippen LogP contribution in [-0.2, 0) is 4.79 Å². The molecule has 0 saturated heterocycles. The number of fused-ring (bicyclic) bond motifs is 3. The van der Waals surface area contributed by atoms with Crippen LogP contribution in [0.5, 0.6) is 0 Å². The van der Waals surface area contributed by atoms with Crippen molar-refractivity contribution in [2.75, 3.05) is 36.8 Å². The molecule has 2 aromatic carbocycles. The van der Waals surface area contributed by atoms with Crippen LogP contribution in [0.4, 0.5) is 17.3 Å². The van der Waals surface area contributed by atoms with Crippen LogP contribution in [0.15, 0.2) is 41.4 Å². The molecule has 1 amide bonds. The van der Waals surface area contributed by atoms with Gasteiger partial charge in [-0.05, 0) is 55.8 Å². The number of aryl methyl sites for hydroxylation is 2. The van der Waals surface area contributed by atoms with Crippen molar-refractivity contribution in [1.29, 1.82) is 0 Å². The zero-order valence-corrected chi connectivity index (χ0v) is 19.8. The molecular formula is C24H30N6OS. The van der Waals surface area contributed by atoms with E-state index in [1.165, 1.54) is 11.1 Å². The number of carbonyl (C=O) groups is 1. The Morgan fingerprint density at radius 1 is 1.22 bits per heavy atom. The summed E-state index contributed by atoms with van der Waals surface area (Å²) in [6.07, 6.45) is 1.88. The van der Waals surface area contributed by atoms with E-state index in [-0.39, 0.29) is 11.3 Å². The Balaban J connectivity index is 1.50. The maximum Gasteiger partial charge on any atom is 0.227 e. The Kier molecular flexibility index (Phi) is 6.81. The summed E-state index contributed by atoms with van der Waals surface area (Å²) in [7, 11) is 0. The van der Waals surface area contributed by atoms with Gasteiger partial charge in [-0.25, -0.2) is 9.97 Å². The van der Waals surface area contributed by atoms with E-state index >= 15 is 0 Å². The molecule has 168 valence electrons. The zero-order chi connectivity index (χ0) is 22.7. The number of likely N-dealkylation sites (N-methyl/N-ethyl adjacent to an activating group) is 1. The van der Waals surface area contributed by atoms with Crippen LogP contribution in [0.1, 0.15) is 25.0 Å². The van der Waals surface area contributed by atoms with E-state index < -0.39 is 0 Å². The molecule has 3 aromatic rings. The van der Waals surface area contributed by atoms with Crippen molar-refractivity contribution in [3.05, 3.63) is 47.7 Å². The highest BCUT2D eigenvalue weighted by molar-refractivity contribution is 8.00. The van der Waals surface area contributed by atoms with E-state index in [1.54, 1.807) is 6.92 Å². The van der Waals surface area contributed by atoms with Crippen LogP contribution < -0.4 is 16.0 Å². The maximum absolute atomic E-state index is 11.1. The van der Waals surface area contributed by atoms with Gasteiger partial charge in [-0.3, -0.25) is 9.69 Å². The van der Waals surface area contributed by atoms with E-state index in [0.717, 1.165) is 46.8 Å². The van der Waals surface area contributed by atoms with E-state index in [1.807, 2.05) is 18.0 Å². The minimum absolute atomic E-state index is 0.0122. The van der Waals surface area contributed by atoms with E-state index in [9.17, 15) is 4.79 Å². The number of rotatable bonds is 8. The Labute approximate surface area is 193 Å². The average Bonchev–Trinajstić information content (AvgIpc) is 3.15. The van der Waals surface area contributed by atoms with Gasteiger partial charge in [0.2, 0.25) is 11.9 Å². The number of hydrogen-bond acceptors (Lipinski definition) is 7. The van der Waals surface area contributed by atoms with Gasteiger partial charge in [0.25, 0.3) is 0 Å². The molecule has 8 heteroatoms. The largest absolute Gasteiger partial charge is 0.371 e. The van der Waals surface area contributed by atoms with Crippen LogP contribution in [0.2, 0.25) is 0 Å². The van der Waals surface area contributed by atoms with Crippen molar-refractivity contribution in [2.24, 2.45) is 0 Å². The lowest BCUT2D eigenvalue weighted by Gasteiger charge is -2.23. The van der Waals surface area contributed by atoms with Crippen LogP contribution >= 0.6 is 11.8 Å². The second-order valence-corrected chi connectivity index (χ2v) is 9.42. The first-order valence-electron chi connectivity index (χ1n) is 11.0. The van der Waals surface area contributed by atoms with Gasteiger partial charge in [-0.15, -0.1) is 0 Å². The minimum atomic E-state index is 0.0122. The third-order valence-corrected chi connectivity index (χ3v) is 6.63. The highest BCUT2D eigenvalue weighted by Gasteiger charge is 2.26.